The van der Waals surface area contributed by atoms with Crippen LogP contribution in [0.15, 0.2) is 40.8 Å². The van der Waals surface area contributed by atoms with Gasteiger partial charge in [0.25, 0.3) is 11.8 Å². The molecule has 2 amide bonds. The lowest BCUT2D eigenvalue weighted by Crippen LogP contribution is -2.28. The molecular formula is C14H9NO5. The molecular weight excluding hydrogens is 262 g/mol. The highest BCUT2D eigenvalue weighted by Gasteiger charge is 2.35. The van der Waals surface area contributed by atoms with E-state index in [1.54, 1.807) is 24.3 Å². The Morgan fingerprint density at radius 1 is 1.05 bits per heavy atom. The molecule has 2 heterocycles. The lowest BCUT2D eigenvalue weighted by molar-refractivity contribution is 0.0628. The average molecular weight is 271 g/mol. The van der Waals surface area contributed by atoms with Crippen molar-refractivity contribution in [2.24, 2.45) is 0 Å². The van der Waals surface area contributed by atoms with Crippen molar-refractivity contribution in [3.05, 3.63) is 59.0 Å². The first-order valence-corrected chi connectivity index (χ1v) is 5.85. The molecule has 0 unspecified atom stereocenters. The number of furan rings is 1. The summed E-state index contributed by atoms with van der Waals surface area (Å²) >= 11 is 0. The van der Waals surface area contributed by atoms with Crippen molar-refractivity contribution < 1.29 is 23.9 Å². The monoisotopic (exact) mass is 271 g/mol. The number of carboxylic acid groups (broad SMARTS) is 1. The largest absolute Gasteiger partial charge is 0.475 e. The van der Waals surface area contributed by atoms with Crippen LogP contribution in [0.2, 0.25) is 0 Å². The van der Waals surface area contributed by atoms with E-state index in [1.165, 1.54) is 12.1 Å². The minimum Gasteiger partial charge on any atom is -0.475 e. The number of hydrogen-bond acceptors (Lipinski definition) is 4. The molecule has 0 saturated carbocycles. The van der Waals surface area contributed by atoms with E-state index in [0.717, 1.165) is 4.90 Å². The third-order valence-electron chi connectivity index (χ3n) is 3.06. The molecule has 6 nitrogen and oxygen atoms in total. The van der Waals surface area contributed by atoms with Crippen LogP contribution < -0.4 is 0 Å². The SMILES string of the molecule is O=C(O)c1ccc(CN2C(=O)c3ccccc3C2=O)o1. The van der Waals surface area contributed by atoms with E-state index in [2.05, 4.69) is 0 Å². The van der Waals surface area contributed by atoms with E-state index in [4.69, 9.17) is 9.52 Å². The zero-order chi connectivity index (χ0) is 14.3. The van der Waals surface area contributed by atoms with Gasteiger partial charge in [-0.2, -0.15) is 0 Å². The number of benzene rings is 1. The van der Waals surface area contributed by atoms with Crippen LogP contribution in [0.1, 0.15) is 37.0 Å². The van der Waals surface area contributed by atoms with Crippen molar-refractivity contribution in [3.8, 4) is 0 Å². The molecule has 100 valence electrons. The van der Waals surface area contributed by atoms with Crippen LogP contribution in [-0.4, -0.2) is 27.8 Å². The number of fused-ring (bicyclic) bond motifs is 1. The summed E-state index contributed by atoms with van der Waals surface area (Å²) < 4.78 is 5.06. The Hall–Kier alpha value is -2.89. The second-order valence-corrected chi connectivity index (χ2v) is 4.31. The molecule has 0 radical (unpaired) electrons. The Morgan fingerprint density at radius 3 is 2.15 bits per heavy atom. The Kier molecular flexibility index (Phi) is 2.64. The maximum Gasteiger partial charge on any atom is 0.371 e. The predicted molar refractivity (Wildman–Crippen MR) is 66.3 cm³/mol. The smallest absolute Gasteiger partial charge is 0.371 e. The van der Waals surface area contributed by atoms with Gasteiger partial charge in [-0.3, -0.25) is 14.5 Å². The van der Waals surface area contributed by atoms with Crippen LogP contribution in [-0.2, 0) is 6.54 Å². The molecule has 1 aromatic heterocycles. The Bertz CT molecular complexity index is 696. The molecule has 6 heteroatoms. The lowest BCUT2D eigenvalue weighted by Gasteiger charge is -2.11. The molecule has 0 bridgehead atoms. The van der Waals surface area contributed by atoms with Crippen molar-refractivity contribution in [1.29, 1.82) is 0 Å². The second kappa shape index (κ2) is 4.34. The maximum absolute atomic E-state index is 12.1. The first-order valence-electron chi connectivity index (χ1n) is 5.85. The van der Waals surface area contributed by atoms with Crippen LogP contribution in [0.25, 0.3) is 0 Å². The van der Waals surface area contributed by atoms with E-state index in [9.17, 15) is 14.4 Å². The highest BCUT2D eigenvalue weighted by atomic mass is 16.4. The number of rotatable bonds is 3. The van der Waals surface area contributed by atoms with E-state index in [0.29, 0.717) is 11.1 Å². The minimum atomic E-state index is -1.20. The summed E-state index contributed by atoms with van der Waals surface area (Å²) in [5.41, 5.74) is 0.699. The van der Waals surface area contributed by atoms with Crippen LogP contribution >= 0.6 is 0 Å². The van der Waals surface area contributed by atoms with Gasteiger partial charge in [0, 0.05) is 0 Å². The summed E-state index contributed by atoms with van der Waals surface area (Å²) in [6, 6.07) is 9.26. The topological polar surface area (TPSA) is 87.8 Å². The predicted octanol–water partition coefficient (Wildman–Crippen LogP) is 1.77. The number of imide groups is 1. The first-order chi connectivity index (χ1) is 9.58. The molecule has 1 aliphatic heterocycles. The van der Waals surface area contributed by atoms with Crippen molar-refractivity contribution in [2.75, 3.05) is 0 Å². The van der Waals surface area contributed by atoms with Gasteiger partial charge in [0.15, 0.2) is 0 Å². The van der Waals surface area contributed by atoms with Gasteiger partial charge in [-0.25, -0.2) is 4.79 Å². The van der Waals surface area contributed by atoms with Gasteiger partial charge in [-0.05, 0) is 24.3 Å². The second-order valence-electron chi connectivity index (χ2n) is 4.31. The van der Waals surface area contributed by atoms with Crippen LogP contribution in [0, 0.1) is 0 Å². The zero-order valence-electron chi connectivity index (χ0n) is 10.2. The summed E-state index contributed by atoms with van der Waals surface area (Å²) in [7, 11) is 0. The Labute approximate surface area is 113 Å². The van der Waals surface area contributed by atoms with Crippen molar-refractivity contribution >= 4 is 17.8 Å². The van der Waals surface area contributed by atoms with Gasteiger partial charge < -0.3 is 9.52 Å². The van der Waals surface area contributed by atoms with Gasteiger partial charge in [-0.1, -0.05) is 12.1 Å². The van der Waals surface area contributed by atoms with E-state index in [-0.39, 0.29) is 18.1 Å². The summed E-state index contributed by atoms with van der Waals surface area (Å²) in [5.74, 6) is -1.98. The van der Waals surface area contributed by atoms with E-state index < -0.39 is 17.8 Å². The van der Waals surface area contributed by atoms with Crippen molar-refractivity contribution in [3.63, 3.8) is 0 Å². The summed E-state index contributed by atoms with van der Waals surface area (Å²) in [6.45, 7) is -0.0837. The van der Waals surface area contributed by atoms with Gasteiger partial charge >= 0.3 is 5.97 Å². The number of nitrogens with zero attached hydrogens (tertiary/aromatic N) is 1. The molecule has 1 N–H and O–H groups in total. The third kappa shape index (κ3) is 1.78. The number of carbonyl (C=O) groups excluding carboxylic acids is 2. The maximum atomic E-state index is 12.1. The molecule has 1 aliphatic rings. The molecule has 0 spiro atoms. The van der Waals surface area contributed by atoms with Crippen LogP contribution in [0.3, 0.4) is 0 Å². The van der Waals surface area contributed by atoms with Gasteiger partial charge in [-0.15, -0.1) is 0 Å². The van der Waals surface area contributed by atoms with Crippen molar-refractivity contribution in [1.82, 2.24) is 4.90 Å². The normalized spacial score (nSPS) is 13.7. The number of carbonyl (C=O) groups is 3. The minimum absolute atomic E-state index is 0.0837. The average Bonchev–Trinajstić information content (AvgIpc) is 3.00. The fraction of sp³-hybridized carbons (Fsp3) is 0.0714. The molecule has 0 saturated heterocycles. The molecule has 3 rings (SSSR count). The summed E-state index contributed by atoms with van der Waals surface area (Å²) in [5, 5.41) is 8.76. The molecule has 0 aliphatic carbocycles. The highest BCUT2D eigenvalue weighted by molar-refractivity contribution is 6.21. The van der Waals surface area contributed by atoms with Gasteiger partial charge in [0.1, 0.15) is 5.76 Å². The zero-order valence-corrected chi connectivity index (χ0v) is 10.2. The van der Waals surface area contributed by atoms with Crippen LogP contribution in [0.5, 0.6) is 0 Å². The standard InChI is InChI=1S/C14H9NO5/c16-12-9-3-1-2-4-10(9)13(17)15(12)7-8-5-6-11(20-8)14(18)19/h1-6H,7H2,(H,18,19). The van der Waals surface area contributed by atoms with Crippen LogP contribution in [0.4, 0.5) is 0 Å². The molecule has 0 fully saturated rings. The molecule has 1 aromatic carbocycles. The number of amides is 2. The van der Waals surface area contributed by atoms with E-state index in [1.807, 2.05) is 0 Å². The van der Waals surface area contributed by atoms with E-state index >= 15 is 0 Å². The Balaban J connectivity index is 1.87. The lowest BCUT2D eigenvalue weighted by atomic mass is 10.1. The third-order valence-corrected chi connectivity index (χ3v) is 3.06. The van der Waals surface area contributed by atoms with Gasteiger partial charge in [0.05, 0.1) is 17.7 Å². The first kappa shape index (κ1) is 12.2. The number of aromatic carboxylic acids is 1. The summed E-state index contributed by atoms with van der Waals surface area (Å²) in [4.78, 5) is 36.0. The number of hydrogen-bond donors (Lipinski definition) is 1. The van der Waals surface area contributed by atoms with Crippen molar-refractivity contribution in [2.45, 2.75) is 6.54 Å². The fourth-order valence-electron chi connectivity index (χ4n) is 2.12. The quantitative estimate of drug-likeness (QED) is 0.859. The summed E-state index contributed by atoms with van der Waals surface area (Å²) in [6.07, 6.45) is 0. The molecule has 20 heavy (non-hydrogen) atoms. The molecule has 0 atom stereocenters. The molecule has 2 aromatic rings. The highest BCUT2D eigenvalue weighted by Crippen LogP contribution is 2.24. The van der Waals surface area contributed by atoms with Gasteiger partial charge in [0.2, 0.25) is 5.76 Å². The number of carboxylic acids is 1. The Morgan fingerprint density at radius 2 is 1.65 bits per heavy atom. The fourth-order valence-corrected chi connectivity index (χ4v) is 2.12.